The van der Waals surface area contributed by atoms with Crippen molar-refractivity contribution in [2.45, 2.75) is 19.4 Å². The van der Waals surface area contributed by atoms with Crippen molar-refractivity contribution in [2.24, 2.45) is 0 Å². The van der Waals surface area contributed by atoms with Crippen LogP contribution in [-0.4, -0.2) is 68.8 Å². The van der Waals surface area contributed by atoms with Crippen molar-refractivity contribution < 1.29 is 33.3 Å². The molecule has 1 aromatic carbocycles. The van der Waals surface area contributed by atoms with E-state index < -0.39 is 30.4 Å². The zero-order valence-corrected chi connectivity index (χ0v) is 22.7. The second-order valence-corrected chi connectivity index (χ2v) is 9.06. The fraction of sp³-hybridized carbons (Fsp3) is 0.391. The van der Waals surface area contributed by atoms with Crippen molar-refractivity contribution in [1.29, 1.82) is 0 Å². The third-order valence-corrected chi connectivity index (χ3v) is 6.15. The van der Waals surface area contributed by atoms with E-state index in [0.717, 1.165) is 0 Å². The molecular weight excluding hydrogens is 533 g/mol. The van der Waals surface area contributed by atoms with Crippen molar-refractivity contribution >= 4 is 58.6 Å². The van der Waals surface area contributed by atoms with Gasteiger partial charge in [-0.25, -0.2) is 9.78 Å². The minimum Gasteiger partial charge on any atom is -0.493 e. The molecule has 0 aliphatic heterocycles. The van der Waals surface area contributed by atoms with Crippen LogP contribution in [-0.2, 0) is 14.3 Å². The highest BCUT2D eigenvalue weighted by Crippen LogP contribution is 2.38. The van der Waals surface area contributed by atoms with E-state index in [1.54, 1.807) is 6.92 Å². The number of nitrogens with zero attached hydrogens (tertiary/aromatic N) is 1. The third kappa shape index (κ3) is 7.81. The van der Waals surface area contributed by atoms with Gasteiger partial charge >= 0.3 is 5.97 Å². The number of pyridine rings is 1. The Kier molecular flexibility index (Phi) is 11.4. The maximum absolute atomic E-state index is 12.9. The molecule has 10 nitrogen and oxygen atoms in total. The Morgan fingerprint density at radius 1 is 1.03 bits per heavy atom. The molecule has 2 amide bonds. The summed E-state index contributed by atoms with van der Waals surface area (Å²) in [6, 6.07) is 3.37. The van der Waals surface area contributed by atoms with Gasteiger partial charge in [-0.3, -0.25) is 9.59 Å². The average Bonchev–Trinajstić information content (AvgIpc) is 2.86. The lowest BCUT2D eigenvalue weighted by Crippen LogP contribution is -2.43. The maximum Gasteiger partial charge on any atom is 0.329 e. The molecule has 0 saturated heterocycles. The standard InChI is InChI=1S/C23H27Cl2N3O7S/c1-12-14(24)10-15(25)21(26-12)28-19(29)11-35-23(31)16(6-7-36-5)27-22(30)13-8-17(32-2)20(34-4)18(9-13)33-3/h8-10,16H,6-7,11H2,1-5H3,(H,27,30)(H,26,28,29)/t16-/m1/s1. The lowest BCUT2D eigenvalue weighted by atomic mass is 10.1. The molecular formula is C23H27Cl2N3O7S. The number of hydrogen-bond donors (Lipinski definition) is 2. The Morgan fingerprint density at radius 3 is 2.22 bits per heavy atom. The lowest BCUT2D eigenvalue weighted by Gasteiger charge is -2.18. The van der Waals surface area contributed by atoms with Crippen LogP contribution in [0.15, 0.2) is 18.2 Å². The summed E-state index contributed by atoms with van der Waals surface area (Å²) in [5, 5.41) is 5.61. The number of thioether (sulfide) groups is 1. The zero-order chi connectivity index (χ0) is 26.8. The first-order valence-corrected chi connectivity index (χ1v) is 12.7. The number of aryl methyl sites for hydroxylation is 1. The van der Waals surface area contributed by atoms with Crippen LogP contribution in [0.25, 0.3) is 0 Å². The van der Waals surface area contributed by atoms with Crippen LogP contribution in [0.2, 0.25) is 10.0 Å². The van der Waals surface area contributed by atoms with Crippen LogP contribution < -0.4 is 24.8 Å². The molecule has 36 heavy (non-hydrogen) atoms. The van der Waals surface area contributed by atoms with Crippen LogP contribution in [0.4, 0.5) is 5.82 Å². The van der Waals surface area contributed by atoms with Crippen molar-refractivity contribution in [1.82, 2.24) is 10.3 Å². The molecule has 0 fully saturated rings. The normalized spacial score (nSPS) is 11.3. The molecule has 13 heteroatoms. The van der Waals surface area contributed by atoms with Crippen molar-refractivity contribution in [2.75, 3.05) is 45.3 Å². The number of nitrogens with one attached hydrogen (secondary N) is 2. The summed E-state index contributed by atoms with van der Waals surface area (Å²) in [5.74, 6) is -0.441. The number of aromatic nitrogens is 1. The number of halogens is 2. The monoisotopic (exact) mass is 559 g/mol. The van der Waals surface area contributed by atoms with Crippen molar-refractivity contribution in [3.05, 3.63) is 39.5 Å². The first-order valence-electron chi connectivity index (χ1n) is 10.5. The van der Waals surface area contributed by atoms with Crippen molar-refractivity contribution in [3.8, 4) is 17.2 Å². The first-order chi connectivity index (χ1) is 17.1. The van der Waals surface area contributed by atoms with Gasteiger partial charge in [-0.05, 0) is 43.6 Å². The molecule has 1 aromatic heterocycles. The number of anilines is 1. The molecule has 196 valence electrons. The number of hydrogen-bond acceptors (Lipinski definition) is 9. The van der Waals surface area contributed by atoms with E-state index in [1.165, 1.54) is 51.3 Å². The van der Waals surface area contributed by atoms with Crippen LogP contribution in [0.1, 0.15) is 22.5 Å². The quantitative estimate of drug-likeness (QED) is 0.374. The van der Waals surface area contributed by atoms with Gasteiger partial charge in [0.1, 0.15) is 6.04 Å². The predicted octanol–water partition coefficient (Wildman–Crippen LogP) is 3.76. The second kappa shape index (κ2) is 14.0. The molecule has 0 radical (unpaired) electrons. The molecule has 0 unspecified atom stereocenters. The first kappa shape index (κ1) is 29.3. The molecule has 2 rings (SSSR count). The molecule has 0 saturated carbocycles. The fourth-order valence-electron chi connectivity index (χ4n) is 2.99. The number of ether oxygens (including phenoxy) is 4. The smallest absolute Gasteiger partial charge is 0.329 e. The third-order valence-electron chi connectivity index (χ3n) is 4.84. The summed E-state index contributed by atoms with van der Waals surface area (Å²) in [6.07, 6.45) is 2.14. The van der Waals surface area contributed by atoms with Gasteiger partial charge in [0.25, 0.3) is 11.8 Å². The fourth-order valence-corrected chi connectivity index (χ4v) is 3.87. The number of carbonyl (C=O) groups is 3. The summed E-state index contributed by atoms with van der Waals surface area (Å²) in [4.78, 5) is 42.1. The highest BCUT2D eigenvalue weighted by atomic mass is 35.5. The van der Waals surface area contributed by atoms with Gasteiger partial charge in [-0.2, -0.15) is 11.8 Å². The van der Waals surface area contributed by atoms with E-state index in [0.29, 0.717) is 22.2 Å². The van der Waals surface area contributed by atoms with Crippen LogP contribution in [0.5, 0.6) is 17.2 Å². The van der Waals surface area contributed by atoms with Gasteiger partial charge < -0.3 is 29.6 Å². The van der Waals surface area contributed by atoms with E-state index in [4.69, 9.17) is 42.1 Å². The highest BCUT2D eigenvalue weighted by molar-refractivity contribution is 7.98. The number of rotatable bonds is 12. The Morgan fingerprint density at radius 2 is 1.67 bits per heavy atom. The molecule has 0 spiro atoms. The van der Waals surface area contributed by atoms with Crippen molar-refractivity contribution in [3.63, 3.8) is 0 Å². The lowest BCUT2D eigenvalue weighted by molar-refractivity contribution is -0.149. The Labute approximate surface area is 223 Å². The largest absolute Gasteiger partial charge is 0.493 e. The average molecular weight is 560 g/mol. The number of methoxy groups -OCH3 is 3. The second-order valence-electron chi connectivity index (χ2n) is 7.26. The zero-order valence-electron chi connectivity index (χ0n) is 20.4. The van der Waals surface area contributed by atoms with Gasteiger partial charge in [0.05, 0.1) is 37.1 Å². The number of benzene rings is 1. The molecule has 2 N–H and O–H groups in total. The highest BCUT2D eigenvalue weighted by Gasteiger charge is 2.25. The van der Waals surface area contributed by atoms with Gasteiger partial charge in [-0.1, -0.05) is 23.2 Å². The van der Waals surface area contributed by atoms with Crippen LogP contribution >= 0.6 is 35.0 Å². The summed E-state index contributed by atoms with van der Waals surface area (Å²) in [6.45, 7) is 1.05. The Bertz CT molecular complexity index is 1090. The minimum atomic E-state index is -1.00. The number of amides is 2. The van der Waals surface area contributed by atoms with Gasteiger partial charge in [0.15, 0.2) is 23.9 Å². The number of carbonyl (C=O) groups excluding carboxylic acids is 3. The molecule has 1 atom stereocenters. The maximum atomic E-state index is 12.9. The molecule has 1 heterocycles. The van der Waals surface area contributed by atoms with E-state index in [1.807, 2.05) is 6.26 Å². The molecule has 2 aromatic rings. The van der Waals surface area contributed by atoms with Crippen LogP contribution in [0, 0.1) is 6.92 Å². The summed E-state index contributed by atoms with van der Waals surface area (Å²) < 4.78 is 21.0. The van der Waals surface area contributed by atoms with E-state index in [-0.39, 0.29) is 34.3 Å². The molecule has 0 aliphatic carbocycles. The van der Waals surface area contributed by atoms with E-state index in [2.05, 4.69) is 15.6 Å². The Balaban J connectivity index is 2.09. The summed E-state index contributed by atoms with van der Waals surface area (Å²) in [7, 11) is 4.30. The topological polar surface area (TPSA) is 125 Å². The minimum absolute atomic E-state index is 0.0919. The molecule has 0 aliphatic rings. The molecule has 0 bridgehead atoms. The summed E-state index contributed by atoms with van der Waals surface area (Å²) in [5.41, 5.74) is 0.656. The van der Waals surface area contributed by atoms with E-state index in [9.17, 15) is 14.4 Å². The summed E-state index contributed by atoms with van der Waals surface area (Å²) >= 11 is 13.5. The Hall–Kier alpha value is -2.89. The van der Waals surface area contributed by atoms with Crippen LogP contribution in [0.3, 0.4) is 0 Å². The predicted molar refractivity (Wildman–Crippen MR) is 139 cm³/mol. The van der Waals surface area contributed by atoms with Gasteiger partial charge in [0, 0.05) is 5.56 Å². The van der Waals surface area contributed by atoms with Gasteiger partial charge in [-0.15, -0.1) is 0 Å². The van der Waals surface area contributed by atoms with E-state index >= 15 is 0 Å². The van der Waals surface area contributed by atoms with Gasteiger partial charge in [0.2, 0.25) is 5.75 Å². The SMILES string of the molecule is COc1cc(C(=O)N[C@H](CCSC)C(=O)OCC(=O)Nc2nc(C)c(Cl)cc2Cl)cc(OC)c1OC. The number of esters is 1.